The molecule has 3 N–H and O–H groups in total. The first-order valence-corrected chi connectivity index (χ1v) is 9.33. The second-order valence-electron chi connectivity index (χ2n) is 5.53. The number of aryl methyl sites for hydroxylation is 1. The Morgan fingerprint density at radius 2 is 2.00 bits per heavy atom. The zero-order chi connectivity index (χ0) is 18.7. The van der Waals surface area contributed by atoms with E-state index in [0.717, 1.165) is 15.8 Å². The third-order valence-corrected chi connectivity index (χ3v) is 5.07. The van der Waals surface area contributed by atoms with Crippen LogP contribution >= 0.6 is 35.0 Å². The normalized spacial score (nSPS) is 10.7. The fraction of sp³-hybridized carbons (Fsp3) is 0.118. The van der Waals surface area contributed by atoms with Gasteiger partial charge in [-0.15, -0.1) is 10.2 Å². The lowest BCUT2D eigenvalue weighted by atomic mass is 10.2. The number of thioether (sulfide) groups is 1. The number of nitrogens with one attached hydrogen (secondary N) is 1. The van der Waals surface area contributed by atoms with Gasteiger partial charge < -0.3 is 11.2 Å². The molecule has 0 unspecified atom stereocenters. The van der Waals surface area contributed by atoms with E-state index in [2.05, 4.69) is 21.6 Å². The second kappa shape index (κ2) is 7.99. The van der Waals surface area contributed by atoms with Crippen LogP contribution in [0.4, 0.5) is 11.5 Å². The van der Waals surface area contributed by atoms with Crippen LogP contribution in [0.25, 0.3) is 0 Å². The van der Waals surface area contributed by atoms with Gasteiger partial charge in [0.1, 0.15) is 0 Å². The molecule has 9 heteroatoms. The molecule has 0 saturated carbocycles. The number of nitrogen functional groups attached to an aromatic ring is 1. The van der Waals surface area contributed by atoms with Gasteiger partial charge in [-0.1, -0.05) is 64.8 Å². The van der Waals surface area contributed by atoms with E-state index in [9.17, 15) is 4.79 Å². The van der Waals surface area contributed by atoms with E-state index in [1.54, 1.807) is 18.2 Å². The maximum atomic E-state index is 12.4. The fourth-order valence-corrected chi connectivity index (χ4v) is 3.37. The summed E-state index contributed by atoms with van der Waals surface area (Å²) in [5, 5.41) is 12.0. The van der Waals surface area contributed by atoms with Crippen molar-refractivity contribution in [3.05, 3.63) is 74.0 Å². The fourth-order valence-electron chi connectivity index (χ4n) is 2.23. The molecule has 0 amide bonds. The summed E-state index contributed by atoms with van der Waals surface area (Å²) < 4.78 is 0.967. The summed E-state index contributed by atoms with van der Waals surface area (Å²) in [4.78, 5) is 12.4. The Bertz CT molecular complexity index is 1010. The Balaban J connectivity index is 1.80. The molecule has 6 nitrogen and oxygen atoms in total. The first-order valence-electron chi connectivity index (χ1n) is 7.59. The van der Waals surface area contributed by atoms with Gasteiger partial charge in [-0.3, -0.25) is 4.79 Å². The van der Waals surface area contributed by atoms with Crippen LogP contribution in [0.3, 0.4) is 0 Å². The van der Waals surface area contributed by atoms with Crippen LogP contribution in [0.15, 0.2) is 52.4 Å². The number of nitrogens with zero attached hydrogens (tertiary/aromatic N) is 3. The highest BCUT2D eigenvalue weighted by Gasteiger charge is 2.12. The molecule has 1 aromatic heterocycles. The minimum absolute atomic E-state index is 0.0310. The minimum Gasteiger partial charge on any atom is -0.334 e. The Kier molecular flexibility index (Phi) is 5.70. The van der Waals surface area contributed by atoms with Gasteiger partial charge in [0.15, 0.2) is 0 Å². The van der Waals surface area contributed by atoms with Crippen LogP contribution in [0.5, 0.6) is 0 Å². The van der Waals surface area contributed by atoms with Crippen molar-refractivity contribution >= 4 is 46.5 Å². The number of aromatic nitrogens is 3. The van der Waals surface area contributed by atoms with Crippen LogP contribution in [-0.2, 0) is 5.75 Å². The molecule has 3 rings (SSSR count). The van der Waals surface area contributed by atoms with Crippen molar-refractivity contribution < 1.29 is 0 Å². The molecule has 0 aliphatic carbocycles. The Labute approximate surface area is 164 Å². The van der Waals surface area contributed by atoms with Gasteiger partial charge in [0, 0.05) is 10.8 Å². The molecule has 0 spiro atoms. The Morgan fingerprint density at radius 1 is 1.19 bits per heavy atom. The molecule has 0 aliphatic rings. The van der Waals surface area contributed by atoms with E-state index in [1.165, 1.54) is 11.8 Å². The van der Waals surface area contributed by atoms with Gasteiger partial charge in [-0.25, -0.2) is 0 Å². The molecule has 0 atom stereocenters. The van der Waals surface area contributed by atoms with Gasteiger partial charge >= 0.3 is 5.56 Å². The van der Waals surface area contributed by atoms with Crippen molar-refractivity contribution in [1.29, 1.82) is 0 Å². The number of benzene rings is 2. The van der Waals surface area contributed by atoms with Crippen LogP contribution < -0.4 is 16.7 Å². The zero-order valence-corrected chi connectivity index (χ0v) is 16.1. The summed E-state index contributed by atoms with van der Waals surface area (Å²) in [6.45, 7) is 2.02. The predicted molar refractivity (Wildman–Crippen MR) is 107 cm³/mol. The maximum absolute atomic E-state index is 12.4. The predicted octanol–water partition coefficient (Wildman–Crippen LogP) is 4.00. The molecule has 0 fully saturated rings. The molecule has 0 bridgehead atoms. The first-order chi connectivity index (χ1) is 12.4. The molecule has 2 aromatic carbocycles. The first kappa shape index (κ1) is 18.6. The van der Waals surface area contributed by atoms with Gasteiger partial charge in [0.2, 0.25) is 11.0 Å². The number of hydrogen-bond donors (Lipinski definition) is 2. The quantitative estimate of drug-likeness (QED) is 0.490. The van der Waals surface area contributed by atoms with Crippen molar-refractivity contribution in [2.24, 2.45) is 0 Å². The zero-order valence-electron chi connectivity index (χ0n) is 13.7. The summed E-state index contributed by atoms with van der Waals surface area (Å²) in [6.07, 6.45) is 0. The average Bonchev–Trinajstić information content (AvgIpc) is 2.61. The van der Waals surface area contributed by atoms with E-state index >= 15 is 0 Å². The maximum Gasteiger partial charge on any atom is 0.315 e. The highest BCUT2D eigenvalue weighted by atomic mass is 35.5. The highest BCUT2D eigenvalue weighted by molar-refractivity contribution is 7.98. The van der Waals surface area contributed by atoms with Crippen molar-refractivity contribution in [3.63, 3.8) is 0 Å². The van der Waals surface area contributed by atoms with Crippen LogP contribution in [-0.4, -0.2) is 14.9 Å². The summed E-state index contributed by atoms with van der Waals surface area (Å²) in [7, 11) is 0. The highest BCUT2D eigenvalue weighted by Crippen LogP contribution is 2.27. The van der Waals surface area contributed by atoms with Crippen molar-refractivity contribution in [2.75, 3.05) is 11.2 Å². The topological polar surface area (TPSA) is 85.8 Å². The van der Waals surface area contributed by atoms with Crippen molar-refractivity contribution in [1.82, 2.24) is 14.9 Å². The van der Waals surface area contributed by atoms with Crippen LogP contribution in [0.2, 0.25) is 10.0 Å². The summed E-state index contributed by atoms with van der Waals surface area (Å²) in [5.74, 6) is 6.47. The van der Waals surface area contributed by atoms with Gasteiger partial charge in [0.05, 0.1) is 10.7 Å². The molecule has 0 aliphatic heterocycles. The van der Waals surface area contributed by atoms with E-state index in [4.69, 9.17) is 29.0 Å². The van der Waals surface area contributed by atoms with Crippen molar-refractivity contribution in [3.8, 4) is 0 Å². The van der Waals surface area contributed by atoms with Gasteiger partial charge in [-0.05, 0) is 30.7 Å². The number of halogens is 2. The second-order valence-corrected chi connectivity index (χ2v) is 7.32. The molecular formula is C17H15Cl2N5OS. The Morgan fingerprint density at radius 3 is 2.77 bits per heavy atom. The number of nitrogens with two attached hydrogens (primary N) is 1. The summed E-state index contributed by atoms with van der Waals surface area (Å²) >= 11 is 13.4. The van der Waals surface area contributed by atoms with Crippen LogP contribution in [0.1, 0.15) is 11.1 Å². The Hall–Kier alpha value is -2.22. The third-order valence-electron chi connectivity index (χ3n) is 3.49. The lowest BCUT2D eigenvalue weighted by molar-refractivity contribution is 0.705. The average molecular weight is 408 g/mol. The van der Waals surface area contributed by atoms with E-state index in [1.807, 2.05) is 25.1 Å². The number of rotatable bonds is 5. The smallest absolute Gasteiger partial charge is 0.315 e. The minimum atomic E-state index is -0.511. The molecular weight excluding hydrogens is 393 g/mol. The van der Waals surface area contributed by atoms with Gasteiger partial charge in [-0.2, -0.15) is 4.68 Å². The van der Waals surface area contributed by atoms with Crippen molar-refractivity contribution in [2.45, 2.75) is 17.8 Å². The van der Waals surface area contributed by atoms with Gasteiger partial charge in [0.25, 0.3) is 0 Å². The molecule has 26 heavy (non-hydrogen) atoms. The molecule has 0 radical (unpaired) electrons. The third kappa shape index (κ3) is 4.30. The summed E-state index contributed by atoms with van der Waals surface area (Å²) in [6, 6.07) is 12.9. The SMILES string of the molecule is Cc1cccc(CSc2nnc(Nc3cc(Cl)ccc3Cl)c(=O)n2N)c1. The molecule has 0 saturated heterocycles. The monoisotopic (exact) mass is 407 g/mol. The number of hydrogen-bond acceptors (Lipinski definition) is 6. The van der Waals surface area contributed by atoms with Crippen LogP contribution in [0, 0.1) is 6.92 Å². The largest absolute Gasteiger partial charge is 0.334 e. The lowest BCUT2D eigenvalue weighted by Gasteiger charge is -2.10. The molecule has 134 valence electrons. The summed E-state index contributed by atoms with van der Waals surface area (Å²) in [5.41, 5.74) is 2.21. The van der Waals surface area contributed by atoms with E-state index in [-0.39, 0.29) is 5.82 Å². The standard InChI is InChI=1S/C17H15Cl2N5OS/c1-10-3-2-4-11(7-10)9-26-17-23-22-15(16(25)24(17)20)21-14-8-12(18)5-6-13(14)19/h2-8H,9,20H2,1H3,(H,21,22). The molecule has 3 aromatic rings. The molecule has 1 heterocycles. The van der Waals surface area contributed by atoms with E-state index in [0.29, 0.717) is 26.6 Å². The van der Waals surface area contributed by atoms with E-state index < -0.39 is 5.56 Å². The lowest BCUT2D eigenvalue weighted by Crippen LogP contribution is -2.32. The number of anilines is 2.